The van der Waals surface area contributed by atoms with E-state index in [-0.39, 0.29) is 6.10 Å². The third-order valence-electron chi connectivity index (χ3n) is 3.12. The van der Waals surface area contributed by atoms with Gasteiger partial charge in [-0.25, -0.2) is 0 Å². The molecule has 2 nitrogen and oxygen atoms in total. The summed E-state index contributed by atoms with van der Waals surface area (Å²) in [5, 5.41) is 9.94. The molecule has 1 heterocycles. The lowest BCUT2D eigenvalue weighted by Crippen LogP contribution is -2.22. The first kappa shape index (κ1) is 9.66. The van der Waals surface area contributed by atoms with Crippen LogP contribution in [0.4, 0.5) is 0 Å². The molecule has 1 aromatic heterocycles. The van der Waals surface area contributed by atoms with Gasteiger partial charge in [0.25, 0.3) is 0 Å². The quantitative estimate of drug-likeness (QED) is 0.790. The summed E-state index contributed by atoms with van der Waals surface area (Å²) in [6, 6.07) is 5.85. The molecule has 1 aliphatic rings. The lowest BCUT2D eigenvalue weighted by Gasteiger charge is -2.17. The fraction of sp³-hybridized carbons (Fsp3) is 0.583. The molecule has 0 saturated heterocycles. The van der Waals surface area contributed by atoms with Crippen molar-refractivity contribution in [2.75, 3.05) is 0 Å². The molecular formula is C12H17NO. The lowest BCUT2D eigenvalue weighted by molar-refractivity contribution is 0.104. The summed E-state index contributed by atoms with van der Waals surface area (Å²) in [4.78, 5) is 4.22. The monoisotopic (exact) mass is 191 g/mol. The fourth-order valence-electron chi connectivity index (χ4n) is 1.86. The average Bonchev–Trinajstić information content (AvgIpc) is 3.01. The lowest BCUT2D eigenvalue weighted by atomic mass is 9.95. The molecule has 0 amide bonds. The molecule has 0 bridgehead atoms. The topological polar surface area (TPSA) is 33.1 Å². The molecule has 1 aliphatic carbocycles. The van der Waals surface area contributed by atoms with Gasteiger partial charge in [0.1, 0.15) is 0 Å². The molecular weight excluding hydrogens is 174 g/mol. The Bertz CT molecular complexity index is 282. The van der Waals surface area contributed by atoms with E-state index in [1.54, 1.807) is 6.20 Å². The van der Waals surface area contributed by atoms with E-state index in [1.807, 2.05) is 18.2 Å². The van der Waals surface area contributed by atoms with E-state index in [2.05, 4.69) is 11.9 Å². The predicted octanol–water partition coefficient (Wildman–Crippen LogP) is 2.03. The number of aromatic nitrogens is 1. The van der Waals surface area contributed by atoms with Gasteiger partial charge in [0.15, 0.2) is 0 Å². The van der Waals surface area contributed by atoms with Crippen LogP contribution < -0.4 is 0 Å². The Balaban J connectivity index is 1.90. The smallest absolute Gasteiger partial charge is 0.0623 e. The van der Waals surface area contributed by atoms with Crippen molar-refractivity contribution in [2.45, 2.75) is 32.3 Å². The van der Waals surface area contributed by atoms with Crippen molar-refractivity contribution >= 4 is 0 Å². The Morgan fingerprint density at radius 2 is 2.29 bits per heavy atom. The Morgan fingerprint density at radius 3 is 2.86 bits per heavy atom. The van der Waals surface area contributed by atoms with E-state index in [4.69, 9.17) is 0 Å². The molecule has 0 aliphatic heterocycles. The van der Waals surface area contributed by atoms with Gasteiger partial charge in [-0.05, 0) is 36.8 Å². The minimum absolute atomic E-state index is 0.225. The van der Waals surface area contributed by atoms with Crippen LogP contribution in [0.1, 0.15) is 25.5 Å². The molecule has 1 aromatic rings. The Morgan fingerprint density at radius 1 is 1.50 bits per heavy atom. The number of aliphatic hydroxyl groups excluding tert-OH is 1. The van der Waals surface area contributed by atoms with Crippen LogP contribution in [0.3, 0.4) is 0 Å². The van der Waals surface area contributed by atoms with Crippen LogP contribution in [0.25, 0.3) is 0 Å². The second-order valence-electron chi connectivity index (χ2n) is 4.29. The summed E-state index contributed by atoms with van der Waals surface area (Å²) in [5.74, 6) is 1.19. The first-order valence-corrected chi connectivity index (χ1v) is 5.35. The first-order chi connectivity index (χ1) is 6.77. The summed E-state index contributed by atoms with van der Waals surface area (Å²) < 4.78 is 0. The van der Waals surface area contributed by atoms with Gasteiger partial charge in [0.2, 0.25) is 0 Å². The van der Waals surface area contributed by atoms with Gasteiger partial charge in [-0.3, -0.25) is 4.98 Å². The van der Waals surface area contributed by atoms with Crippen LogP contribution in [0.5, 0.6) is 0 Å². The predicted molar refractivity (Wildman–Crippen MR) is 55.8 cm³/mol. The molecule has 1 saturated carbocycles. The van der Waals surface area contributed by atoms with Gasteiger partial charge in [0.05, 0.1) is 6.10 Å². The fourth-order valence-corrected chi connectivity index (χ4v) is 1.86. The number of pyridine rings is 1. The molecule has 1 fully saturated rings. The molecule has 2 rings (SSSR count). The van der Waals surface area contributed by atoms with Crippen molar-refractivity contribution in [3.63, 3.8) is 0 Å². The SMILES string of the molecule is CC(C(O)Cc1ccccn1)C1CC1. The number of hydrogen-bond donors (Lipinski definition) is 1. The minimum Gasteiger partial charge on any atom is -0.392 e. The van der Waals surface area contributed by atoms with E-state index in [9.17, 15) is 5.11 Å². The summed E-state index contributed by atoms with van der Waals surface area (Å²) in [5.41, 5.74) is 0.993. The highest BCUT2D eigenvalue weighted by atomic mass is 16.3. The normalized spacial score (nSPS) is 20.4. The van der Waals surface area contributed by atoms with Gasteiger partial charge in [-0.1, -0.05) is 13.0 Å². The molecule has 0 radical (unpaired) electrons. The van der Waals surface area contributed by atoms with E-state index in [0.717, 1.165) is 11.6 Å². The number of hydrogen-bond acceptors (Lipinski definition) is 2. The summed E-state index contributed by atoms with van der Waals surface area (Å²) >= 11 is 0. The summed E-state index contributed by atoms with van der Waals surface area (Å²) in [6.07, 6.45) is 4.83. The van der Waals surface area contributed by atoms with Crippen molar-refractivity contribution in [2.24, 2.45) is 11.8 Å². The van der Waals surface area contributed by atoms with Crippen LogP contribution in [0.2, 0.25) is 0 Å². The molecule has 1 N–H and O–H groups in total. The van der Waals surface area contributed by atoms with Crippen LogP contribution >= 0.6 is 0 Å². The Labute approximate surface area is 85.0 Å². The second-order valence-corrected chi connectivity index (χ2v) is 4.29. The van der Waals surface area contributed by atoms with E-state index < -0.39 is 0 Å². The minimum atomic E-state index is -0.225. The molecule has 0 aromatic carbocycles. The van der Waals surface area contributed by atoms with E-state index >= 15 is 0 Å². The van der Waals surface area contributed by atoms with Gasteiger partial charge in [-0.15, -0.1) is 0 Å². The molecule has 14 heavy (non-hydrogen) atoms. The molecule has 2 heteroatoms. The third-order valence-corrected chi connectivity index (χ3v) is 3.12. The van der Waals surface area contributed by atoms with Crippen molar-refractivity contribution in [1.82, 2.24) is 4.98 Å². The van der Waals surface area contributed by atoms with Crippen molar-refractivity contribution in [3.05, 3.63) is 30.1 Å². The Hall–Kier alpha value is -0.890. The number of nitrogens with zero attached hydrogens (tertiary/aromatic N) is 1. The largest absolute Gasteiger partial charge is 0.392 e. The molecule has 2 unspecified atom stereocenters. The molecule has 76 valence electrons. The maximum Gasteiger partial charge on any atom is 0.0623 e. The summed E-state index contributed by atoms with van der Waals surface area (Å²) in [7, 11) is 0. The first-order valence-electron chi connectivity index (χ1n) is 5.35. The highest BCUT2D eigenvalue weighted by Gasteiger charge is 2.32. The van der Waals surface area contributed by atoms with Gasteiger partial charge in [-0.2, -0.15) is 0 Å². The van der Waals surface area contributed by atoms with Gasteiger partial charge >= 0.3 is 0 Å². The number of rotatable bonds is 4. The standard InChI is InChI=1S/C12H17NO/c1-9(10-5-6-10)12(14)8-11-4-2-3-7-13-11/h2-4,7,9-10,12,14H,5-6,8H2,1H3. The van der Waals surface area contributed by atoms with Crippen LogP contribution in [-0.2, 0) is 6.42 Å². The zero-order valence-electron chi connectivity index (χ0n) is 8.56. The Kier molecular flexibility index (Phi) is 2.82. The van der Waals surface area contributed by atoms with Gasteiger partial charge < -0.3 is 5.11 Å². The zero-order valence-corrected chi connectivity index (χ0v) is 8.56. The maximum absolute atomic E-state index is 9.94. The highest BCUT2D eigenvalue weighted by Crippen LogP contribution is 2.38. The second kappa shape index (κ2) is 4.09. The average molecular weight is 191 g/mol. The molecule has 2 atom stereocenters. The van der Waals surface area contributed by atoms with Crippen molar-refractivity contribution in [3.8, 4) is 0 Å². The van der Waals surface area contributed by atoms with E-state index in [0.29, 0.717) is 12.3 Å². The van der Waals surface area contributed by atoms with Gasteiger partial charge in [0, 0.05) is 18.3 Å². The van der Waals surface area contributed by atoms with Crippen LogP contribution in [-0.4, -0.2) is 16.2 Å². The zero-order chi connectivity index (χ0) is 9.97. The third kappa shape index (κ3) is 2.32. The maximum atomic E-state index is 9.94. The number of aliphatic hydroxyl groups is 1. The van der Waals surface area contributed by atoms with Crippen molar-refractivity contribution < 1.29 is 5.11 Å². The van der Waals surface area contributed by atoms with Crippen LogP contribution in [0, 0.1) is 11.8 Å². The highest BCUT2D eigenvalue weighted by molar-refractivity contribution is 5.05. The molecule has 0 spiro atoms. The summed E-state index contributed by atoms with van der Waals surface area (Å²) in [6.45, 7) is 2.14. The van der Waals surface area contributed by atoms with E-state index in [1.165, 1.54) is 12.8 Å². The van der Waals surface area contributed by atoms with Crippen LogP contribution in [0.15, 0.2) is 24.4 Å². The van der Waals surface area contributed by atoms with Crippen molar-refractivity contribution in [1.29, 1.82) is 0 Å².